The first-order valence-electron chi connectivity index (χ1n) is 10.4. The zero-order valence-corrected chi connectivity index (χ0v) is 18.2. The molecule has 30 heavy (non-hydrogen) atoms. The van der Waals surface area contributed by atoms with Crippen LogP contribution in [0.2, 0.25) is 0 Å². The summed E-state index contributed by atoms with van der Waals surface area (Å²) in [6.45, 7) is 6.51. The summed E-state index contributed by atoms with van der Waals surface area (Å²) >= 11 is 1.62. The summed E-state index contributed by atoms with van der Waals surface area (Å²) in [6.07, 6.45) is 3.09. The highest BCUT2D eigenvalue weighted by Crippen LogP contribution is 2.23. The Labute approximate surface area is 180 Å². The van der Waals surface area contributed by atoms with Crippen LogP contribution in [-0.2, 0) is 25.7 Å². The second-order valence-corrected chi connectivity index (χ2v) is 8.68. The van der Waals surface area contributed by atoms with Gasteiger partial charge in [0, 0.05) is 30.9 Å². The lowest BCUT2D eigenvalue weighted by atomic mass is 10.0. The molecule has 0 aromatic carbocycles. The molecule has 0 bridgehead atoms. The minimum Gasteiger partial charge on any atom is -0.378 e. The first kappa shape index (κ1) is 22.6. The Hall–Kier alpha value is -2.04. The zero-order valence-electron chi connectivity index (χ0n) is 17.3. The van der Waals surface area contributed by atoms with E-state index in [-0.39, 0.29) is 24.7 Å². The molecule has 1 unspecified atom stereocenters. The van der Waals surface area contributed by atoms with Gasteiger partial charge in [-0.2, -0.15) is 0 Å². The van der Waals surface area contributed by atoms with Gasteiger partial charge in [0.1, 0.15) is 0 Å². The first-order chi connectivity index (χ1) is 14.4. The van der Waals surface area contributed by atoms with Crippen molar-refractivity contribution in [1.29, 1.82) is 0 Å². The van der Waals surface area contributed by atoms with Crippen LogP contribution in [0.5, 0.6) is 0 Å². The minimum absolute atomic E-state index is 0.000770. The Morgan fingerprint density at radius 2 is 2.17 bits per heavy atom. The number of carbonyl (C=O) groups excluding carboxylic acids is 3. The number of rotatable bonds is 8. The van der Waals surface area contributed by atoms with Crippen molar-refractivity contribution < 1.29 is 19.1 Å². The van der Waals surface area contributed by atoms with Crippen molar-refractivity contribution in [3.63, 3.8) is 0 Å². The molecule has 1 aromatic rings. The fraction of sp³-hybridized carbons (Fsp3) is 0.650. The number of morpholine rings is 1. The summed E-state index contributed by atoms with van der Waals surface area (Å²) in [7, 11) is 0. The van der Waals surface area contributed by atoms with Gasteiger partial charge in [0.25, 0.3) is 0 Å². The van der Waals surface area contributed by atoms with Gasteiger partial charge in [0.2, 0.25) is 11.8 Å². The van der Waals surface area contributed by atoms with Gasteiger partial charge in [-0.3, -0.25) is 19.3 Å². The lowest BCUT2D eigenvalue weighted by molar-refractivity contribution is -0.126. The number of hydrogen-bond donors (Lipinski definition) is 2. The Morgan fingerprint density at radius 3 is 2.90 bits per heavy atom. The van der Waals surface area contributed by atoms with Crippen LogP contribution in [0.4, 0.5) is 5.13 Å². The molecule has 0 aliphatic carbocycles. The van der Waals surface area contributed by atoms with E-state index in [9.17, 15) is 14.4 Å². The molecule has 2 atom stereocenters. The third-order valence-corrected chi connectivity index (χ3v) is 6.35. The molecule has 2 aliphatic heterocycles. The number of thiazole rings is 1. The number of likely N-dealkylation sites (tertiary alicyclic amines) is 1. The van der Waals surface area contributed by atoms with E-state index in [1.807, 2.05) is 5.38 Å². The molecular formula is C20H30N5O4S. The Kier molecular flexibility index (Phi) is 8.17. The van der Waals surface area contributed by atoms with E-state index < -0.39 is 17.9 Å². The number of anilines is 1. The highest BCUT2D eigenvalue weighted by Gasteiger charge is 2.27. The smallest absolute Gasteiger partial charge is 0.224 e. The second-order valence-electron chi connectivity index (χ2n) is 7.84. The van der Waals surface area contributed by atoms with Crippen LogP contribution in [0, 0.1) is 12.3 Å². The number of nitrogens with two attached hydrogens (primary N) is 1. The molecule has 10 heteroatoms. The van der Waals surface area contributed by atoms with E-state index in [4.69, 9.17) is 15.5 Å². The molecule has 3 rings (SSSR count). The van der Waals surface area contributed by atoms with E-state index in [0.717, 1.165) is 50.1 Å². The molecule has 0 saturated carbocycles. The number of hydrogen-bond acceptors (Lipinski definition) is 8. The van der Waals surface area contributed by atoms with Crippen molar-refractivity contribution in [2.75, 3.05) is 44.3 Å². The normalized spacial score (nSPS) is 21.8. The van der Waals surface area contributed by atoms with Gasteiger partial charge in [-0.15, -0.1) is 11.3 Å². The topological polar surface area (TPSA) is 118 Å². The standard InChI is InChI=1S/C20H30N5O4S/c1-14(19(21)28)4-5-18(27)23-16-3-2-6-24(12-17(16)26)11-15-13-30-20(22-15)25-7-9-29-10-8-25/h5,13-14,16H,2-4,6-12H2,1H3,(H2,21,28)(H,23,27)/t14?,16-/m0/s1. The maximum Gasteiger partial charge on any atom is 0.224 e. The highest BCUT2D eigenvalue weighted by molar-refractivity contribution is 7.13. The summed E-state index contributed by atoms with van der Waals surface area (Å²) in [5.41, 5.74) is 6.17. The van der Waals surface area contributed by atoms with Crippen molar-refractivity contribution in [3.8, 4) is 0 Å². The summed E-state index contributed by atoms with van der Waals surface area (Å²) in [5.74, 6) is -1.18. The van der Waals surface area contributed by atoms with Gasteiger partial charge in [0.15, 0.2) is 10.9 Å². The third kappa shape index (κ3) is 6.48. The van der Waals surface area contributed by atoms with Crippen LogP contribution >= 0.6 is 11.3 Å². The molecule has 165 valence electrons. The minimum atomic E-state index is -0.498. The summed E-state index contributed by atoms with van der Waals surface area (Å²) in [5, 5.41) is 5.83. The summed E-state index contributed by atoms with van der Waals surface area (Å²) in [4.78, 5) is 44.9. The van der Waals surface area contributed by atoms with Crippen molar-refractivity contribution in [1.82, 2.24) is 15.2 Å². The monoisotopic (exact) mass is 436 g/mol. The zero-order chi connectivity index (χ0) is 21.5. The number of carbonyl (C=O) groups is 3. The molecule has 2 saturated heterocycles. The van der Waals surface area contributed by atoms with Crippen LogP contribution in [0.25, 0.3) is 0 Å². The summed E-state index contributed by atoms with van der Waals surface area (Å²) in [6, 6.07) is -0.498. The fourth-order valence-corrected chi connectivity index (χ4v) is 4.38. The number of aromatic nitrogens is 1. The van der Waals surface area contributed by atoms with E-state index in [2.05, 4.69) is 15.1 Å². The van der Waals surface area contributed by atoms with Gasteiger partial charge in [0.05, 0.1) is 37.9 Å². The number of amides is 2. The van der Waals surface area contributed by atoms with Gasteiger partial charge < -0.3 is 20.7 Å². The number of nitrogens with one attached hydrogen (secondary N) is 1. The number of Topliss-reactive ketones (excluding diaryl/α,β-unsaturated/α-hetero) is 1. The molecule has 2 amide bonds. The molecule has 2 fully saturated rings. The van der Waals surface area contributed by atoms with Crippen LogP contribution in [0.15, 0.2) is 5.38 Å². The average Bonchev–Trinajstić information content (AvgIpc) is 3.13. The lowest BCUT2D eigenvalue weighted by Crippen LogP contribution is -2.43. The molecule has 3 N–H and O–H groups in total. The van der Waals surface area contributed by atoms with Crippen LogP contribution in [0.3, 0.4) is 0 Å². The number of ether oxygens (including phenoxy) is 1. The van der Waals surface area contributed by atoms with Crippen molar-refractivity contribution in [2.24, 2.45) is 11.7 Å². The van der Waals surface area contributed by atoms with Gasteiger partial charge in [-0.05, 0) is 25.8 Å². The van der Waals surface area contributed by atoms with Crippen LogP contribution in [-0.4, -0.2) is 72.9 Å². The largest absolute Gasteiger partial charge is 0.378 e. The number of nitrogens with zero attached hydrogens (tertiary/aromatic N) is 3. The Morgan fingerprint density at radius 1 is 1.40 bits per heavy atom. The molecular weight excluding hydrogens is 406 g/mol. The second kappa shape index (κ2) is 10.8. The van der Waals surface area contributed by atoms with Crippen molar-refractivity contribution >= 4 is 34.1 Å². The predicted molar refractivity (Wildman–Crippen MR) is 114 cm³/mol. The van der Waals surface area contributed by atoms with Gasteiger partial charge in [-0.25, -0.2) is 4.98 Å². The summed E-state index contributed by atoms with van der Waals surface area (Å²) < 4.78 is 5.39. The van der Waals surface area contributed by atoms with Crippen molar-refractivity contribution in [3.05, 3.63) is 17.5 Å². The maximum atomic E-state index is 12.7. The quantitative estimate of drug-likeness (QED) is 0.603. The molecule has 3 heterocycles. The van der Waals surface area contributed by atoms with Crippen LogP contribution < -0.4 is 16.0 Å². The Bertz CT molecular complexity index is 749. The highest BCUT2D eigenvalue weighted by atomic mass is 32.1. The van der Waals surface area contributed by atoms with E-state index in [1.54, 1.807) is 18.3 Å². The number of ketones is 1. The fourth-order valence-electron chi connectivity index (χ4n) is 3.51. The number of primary amides is 1. The predicted octanol–water partition coefficient (Wildman–Crippen LogP) is 0.345. The Balaban J connectivity index is 1.47. The van der Waals surface area contributed by atoms with Gasteiger partial charge in [-0.1, -0.05) is 6.92 Å². The molecule has 9 nitrogen and oxygen atoms in total. The maximum absolute atomic E-state index is 12.7. The molecule has 1 radical (unpaired) electrons. The van der Waals surface area contributed by atoms with E-state index in [1.165, 1.54) is 6.42 Å². The molecule has 0 spiro atoms. The lowest BCUT2D eigenvalue weighted by Gasteiger charge is -2.26. The third-order valence-electron chi connectivity index (χ3n) is 5.40. The first-order valence-corrected chi connectivity index (χ1v) is 11.3. The SMILES string of the molecule is CC(C[CH]C(=O)N[C@H]1CCCN(Cc2csc(N3CCOCC3)n2)CC1=O)C(N)=O. The van der Waals surface area contributed by atoms with Crippen LogP contribution in [0.1, 0.15) is 31.9 Å². The average molecular weight is 437 g/mol. The van der Waals surface area contributed by atoms with E-state index >= 15 is 0 Å². The van der Waals surface area contributed by atoms with E-state index in [0.29, 0.717) is 13.0 Å². The van der Waals surface area contributed by atoms with Crippen molar-refractivity contribution in [2.45, 2.75) is 38.8 Å². The van der Waals surface area contributed by atoms with Gasteiger partial charge >= 0.3 is 0 Å². The molecule has 2 aliphatic rings. The molecule has 1 aromatic heterocycles.